The molecular formula is C7H12Y-2. The monoisotopic (exact) mass is 185 g/mol. The second kappa shape index (κ2) is 10.8. The van der Waals surface area contributed by atoms with E-state index in [9.17, 15) is 0 Å². The summed E-state index contributed by atoms with van der Waals surface area (Å²) in [4.78, 5) is 0. The van der Waals surface area contributed by atoms with Gasteiger partial charge in [-0.25, -0.2) is 12.8 Å². The van der Waals surface area contributed by atoms with Gasteiger partial charge in [0, 0.05) is 32.7 Å². The van der Waals surface area contributed by atoms with Crippen LogP contribution in [0, 0.1) is 13.3 Å². The molecule has 8 heavy (non-hydrogen) atoms. The smallest absolute Gasteiger partial charge is 0 e. The Hall–Kier alpha value is 0.844. The van der Waals surface area contributed by atoms with E-state index in [-0.39, 0.29) is 32.7 Å². The van der Waals surface area contributed by atoms with Crippen molar-refractivity contribution in [2.24, 2.45) is 0 Å². The van der Waals surface area contributed by atoms with E-state index in [4.69, 9.17) is 0 Å². The molecule has 45 valence electrons. The molecule has 0 N–H and O–H groups in total. The first-order valence-electron chi connectivity index (χ1n) is 2.63. The molecule has 0 heterocycles. The Balaban J connectivity index is 0. The van der Waals surface area contributed by atoms with E-state index in [0.717, 1.165) is 19.3 Å². The Labute approximate surface area is 77.6 Å². The van der Waals surface area contributed by atoms with Crippen molar-refractivity contribution >= 4 is 0 Å². The Morgan fingerprint density at radius 2 is 2.25 bits per heavy atom. The fraction of sp³-hybridized carbons (Fsp3) is 0.429. The summed E-state index contributed by atoms with van der Waals surface area (Å²) in [6.07, 6.45) is 7.23. The van der Waals surface area contributed by atoms with Crippen LogP contribution < -0.4 is 0 Å². The van der Waals surface area contributed by atoms with E-state index in [1.807, 2.05) is 6.08 Å². The second-order valence-electron chi connectivity index (χ2n) is 1.46. The van der Waals surface area contributed by atoms with Gasteiger partial charge < -0.3 is 13.3 Å². The van der Waals surface area contributed by atoms with Gasteiger partial charge in [-0.1, -0.05) is 0 Å². The first kappa shape index (κ1) is 11.6. The fourth-order valence-corrected chi connectivity index (χ4v) is 0.380. The Morgan fingerprint density at radius 3 is 2.62 bits per heavy atom. The zero-order valence-electron chi connectivity index (χ0n) is 5.27. The number of hydrogen-bond donors (Lipinski definition) is 0. The summed E-state index contributed by atoms with van der Waals surface area (Å²) in [7, 11) is 0. The standard InChI is InChI=1S/C7H12.Y/c1-3-5-7-6-4-2;/h3,7H,1-2,4-6H2;/q-2;. The third-order valence-corrected chi connectivity index (χ3v) is 0.742. The van der Waals surface area contributed by atoms with E-state index in [0.29, 0.717) is 0 Å². The van der Waals surface area contributed by atoms with Gasteiger partial charge in [0.25, 0.3) is 0 Å². The minimum atomic E-state index is 0. The van der Waals surface area contributed by atoms with E-state index in [1.54, 1.807) is 0 Å². The molecule has 1 radical (unpaired) electrons. The summed E-state index contributed by atoms with van der Waals surface area (Å²) < 4.78 is 0. The Kier molecular flexibility index (Phi) is 15.6. The van der Waals surface area contributed by atoms with Gasteiger partial charge in [-0.05, 0) is 0 Å². The summed E-state index contributed by atoms with van der Waals surface area (Å²) in [6.45, 7) is 7.27. The second-order valence-corrected chi connectivity index (χ2v) is 1.46. The van der Waals surface area contributed by atoms with Gasteiger partial charge in [0.2, 0.25) is 0 Å². The van der Waals surface area contributed by atoms with Gasteiger partial charge in [0.05, 0.1) is 0 Å². The predicted molar refractivity (Wildman–Crippen MR) is 33.7 cm³/mol. The third-order valence-electron chi connectivity index (χ3n) is 0.742. The number of hydrogen-bond acceptors (Lipinski definition) is 0. The zero-order chi connectivity index (χ0) is 5.54. The average molecular weight is 185 g/mol. The molecule has 0 saturated carbocycles. The summed E-state index contributed by atoms with van der Waals surface area (Å²) in [6, 6.07) is 0. The molecule has 0 unspecified atom stereocenters. The zero-order valence-corrected chi connectivity index (χ0v) is 8.11. The van der Waals surface area contributed by atoms with Crippen molar-refractivity contribution in [3.8, 4) is 0 Å². The van der Waals surface area contributed by atoms with Crippen molar-refractivity contribution in [3.63, 3.8) is 0 Å². The number of unbranched alkanes of at least 4 members (excludes halogenated alkanes) is 3. The molecule has 0 rings (SSSR count). The van der Waals surface area contributed by atoms with Gasteiger partial charge in [-0.15, -0.1) is 12.7 Å². The normalized spacial score (nSPS) is 7.62. The molecule has 0 aliphatic heterocycles. The van der Waals surface area contributed by atoms with Crippen LogP contribution in [0.5, 0.6) is 0 Å². The van der Waals surface area contributed by atoms with Gasteiger partial charge >= 0.3 is 0 Å². The van der Waals surface area contributed by atoms with Crippen molar-refractivity contribution < 1.29 is 32.7 Å². The Morgan fingerprint density at radius 1 is 1.62 bits per heavy atom. The average Bonchev–Trinajstić information content (AvgIpc) is 1.69. The topological polar surface area (TPSA) is 0 Å². The predicted octanol–water partition coefficient (Wildman–Crippen LogP) is 2.38. The van der Waals surface area contributed by atoms with Crippen LogP contribution in [0.25, 0.3) is 0 Å². The summed E-state index contributed by atoms with van der Waals surface area (Å²) >= 11 is 0. The van der Waals surface area contributed by atoms with Gasteiger partial charge in [-0.3, -0.25) is 0 Å². The van der Waals surface area contributed by atoms with Crippen LogP contribution in [0.15, 0.2) is 12.7 Å². The molecule has 0 spiro atoms. The quantitative estimate of drug-likeness (QED) is 0.358. The number of rotatable bonds is 4. The van der Waals surface area contributed by atoms with Crippen LogP contribution in [0.2, 0.25) is 0 Å². The van der Waals surface area contributed by atoms with Crippen molar-refractivity contribution in [2.45, 2.75) is 19.3 Å². The van der Waals surface area contributed by atoms with Gasteiger partial charge in [0.15, 0.2) is 0 Å². The van der Waals surface area contributed by atoms with Crippen LogP contribution in [-0.4, -0.2) is 0 Å². The minimum Gasteiger partial charge on any atom is -0.346 e. The molecule has 0 aromatic rings. The summed E-state index contributed by atoms with van der Waals surface area (Å²) in [5.74, 6) is 0. The van der Waals surface area contributed by atoms with Crippen LogP contribution in [0.4, 0.5) is 0 Å². The van der Waals surface area contributed by atoms with Crippen molar-refractivity contribution in [2.75, 3.05) is 0 Å². The van der Waals surface area contributed by atoms with Crippen LogP contribution in [0.3, 0.4) is 0 Å². The molecule has 0 nitrogen and oxygen atoms in total. The van der Waals surface area contributed by atoms with Crippen molar-refractivity contribution in [1.29, 1.82) is 0 Å². The van der Waals surface area contributed by atoms with E-state index in [2.05, 4.69) is 19.9 Å². The molecule has 0 amide bonds. The Bertz CT molecular complexity index is 41.7. The molecule has 0 fully saturated rings. The molecule has 0 bridgehead atoms. The maximum atomic E-state index is 3.69. The van der Waals surface area contributed by atoms with Gasteiger partial charge in [-0.2, -0.15) is 6.42 Å². The molecular weight excluding hydrogens is 173 g/mol. The van der Waals surface area contributed by atoms with Crippen molar-refractivity contribution in [3.05, 3.63) is 26.0 Å². The van der Waals surface area contributed by atoms with Crippen LogP contribution in [-0.2, 0) is 32.7 Å². The van der Waals surface area contributed by atoms with E-state index < -0.39 is 0 Å². The number of allylic oxidation sites excluding steroid dienone is 1. The maximum absolute atomic E-state index is 3.69. The SMILES string of the molecule is C=CC[CH-]CC[CH2-].[Y]. The maximum Gasteiger partial charge on any atom is 0 e. The van der Waals surface area contributed by atoms with Crippen molar-refractivity contribution in [1.82, 2.24) is 0 Å². The first-order chi connectivity index (χ1) is 3.41. The molecule has 1 heteroatoms. The fourth-order valence-electron chi connectivity index (χ4n) is 0.380. The molecule has 0 atom stereocenters. The third kappa shape index (κ3) is 9.96. The minimum absolute atomic E-state index is 0. The van der Waals surface area contributed by atoms with E-state index >= 15 is 0 Å². The largest absolute Gasteiger partial charge is 0.346 e. The first-order valence-corrected chi connectivity index (χ1v) is 2.63. The van der Waals surface area contributed by atoms with E-state index in [1.165, 1.54) is 0 Å². The molecule has 0 aromatic carbocycles. The molecule has 0 saturated heterocycles. The summed E-state index contributed by atoms with van der Waals surface area (Å²) in [5.41, 5.74) is 0. The summed E-state index contributed by atoms with van der Waals surface area (Å²) in [5, 5.41) is 0. The van der Waals surface area contributed by atoms with Crippen LogP contribution >= 0.6 is 0 Å². The van der Waals surface area contributed by atoms with Gasteiger partial charge in [0.1, 0.15) is 0 Å². The molecule has 0 aromatic heterocycles. The molecule has 0 aliphatic rings. The molecule has 0 aliphatic carbocycles. The van der Waals surface area contributed by atoms with Crippen LogP contribution in [0.1, 0.15) is 19.3 Å².